The number of hydrogen-bond acceptors (Lipinski definition) is 5. The van der Waals surface area contributed by atoms with Crippen molar-refractivity contribution in [3.63, 3.8) is 0 Å². The van der Waals surface area contributed by atoms with Crippen LogP contribution in [0.1, 0.15) is 5.56 Å². The molecule has 0 heterocycles. The number of carboxylic acid groups (broad SMARTS) is 1. The minimum Gasteiger partial charge on any atom is -0.744 e. The van der Waals surface area contributed by atoms with E-state index in [1.807, 2.05) is 0 Å². The van der Waals surface area contributed by atoms with E-state index in [4.69, 9.17) is 10.8 Å². The van der Waals surface area contributed by atoms with Crippen molar-refractivity contribution in [2.75, 3.05) is 0 Å². The molecule has 0 saturated heterocycles. The third kappa shape index (κ3) is 5.15. The van der Waals surface area contributed by atoms with Gasteiger partial charge in [-0.3, -0.25) is 4.79 Å². The van der Waals surface area contributed by atoms with Gasteiger partial charge in [0.15, 0.2) is 0 Å². The van der Waals surface area contributed by atoms with Crippen LogP contribution in [0, 0.1) is 0 Å². The van der Waals surface area contributed by atoms with E-state index in [-0.39, 0.29) is 40.9 Å². The number of benzene rings is 1. The molecule has 6 nitrogen and oxygen atoms in total. The Balaban J connectivity index is 0.00000256. The Labute approximate surface area is 121 Å². The standard InChI is InChI=1S/C9H11NO5S.Na/c10-8(9(11)12)5-6-1-3-7(4-2-6)16(13,14)15;/h1-4,8H,5,10H2,(H,11,12)(H,13,14,15);/q;+1/p-1. The van der Waals surface area contributed by atoms with Crippen molar-refractivity contribution in [3.05, 3.63) is 29.8 Å². The summed E-state index contributed by atoms with van der Waals surface area (Å²) >= 11 is 0. The summed E-state index contributed by atoms with van der Waals surface area (Å²) in [6.07, 6.45) is 0.0779. The van der Waals surface area contributed by atoms with Crippen LogP contribution in [-0.2, 0) is 21.3 Å². The number of rotatable bonds is 4. The van der Waals surface area contributed by atoms with E-state index in [2.05, 4.69) is 0 Å². The molecule has 1 unspecified atom stereocenters. The van der Waals surface area contributed by atoms with E-state index in [9.17, 15) is 17.8 Å². The molecule has 0 amide bonds. The Morgan fingerprint density at radius 1 is 1.35 bits per heavy atom. The zero-order valence-corrected chi connectivity index (χ0v) is 12.0. The summed E-state index contributed by atoms with van der Waals surface area (Å²) in [5.74, 6) is -1.14. The van der Waals surface area contributed by atoms with Crippen LogP contribution in [0.5, 0.6) is 0 Å². The maximum absolute atomic E-state index is 10.6. The topological polar surface area (TPSA) is 121 Å². The third-order valence-electron chi connectivity index (χ3n) is 1.98. The molecule has 88 valence electrons. The zero-order valence-electron chi connectivity index (χ0n) is 9.16. The molecule has 0 saturated carbocycles. The molecule has 1 aromatic carbocycles. The molecule has 3 N–H and O–H groups in total. The van der Waals surface area contributed by atoms with E-state index in [0.29, 0.717) is 5.56 Å². The number of carbonyl (C=O) groups is 1. The zero-order chi connectivity index (χ0) is 12.3. The van der Waals surface area contributed by atoms with Crippen LogP contribution in [0.25, 0.3) is 0 Å². The average molecular weight is 267 g/mol. The quantitative estimate of drug-likeness (QED) is 0.432. The van der Waals surface area contributed by atoms with Gasteiger partial charge in [0, 0.05) is 0 Å². The van der Waals surface area contributed by atoms with Gasteiger partial charge in [0.1, 0.15) is 16.2 Å². The van der Waals surface area contributed by atoms with Crippen molar-refractivity contribution in [3.8, 4) is 0 Å². The number of carboxylic acids is 1. The van der Waals surface area contributed by atoms with Crippen molar-refractivity contribution in [2.45, 2.75) is 17.4 Å². The van der Waals surface area contributed by atoms with E-state index < -0.39 is 22.1 Å². The molecule has 0 aliphatic heterocycles. The number of hydrogen-bond donors (Lipinski definition) is 2. The van der Waals surface area contributed by atoms with Gasteiger partial charge >= 0.3 is 35.5 Å². The third-order valence-corrected chi connectivity index (χ3v) is 2.83. The van der Waals surface area contributed by atoms with E-state index in [1.165, 1.54) is 12.1 Å². The van der Waals surface area contributed by atoms with Gasteiger partial charge in [-0.25, -0.2) is 8.42 Å². The fraction of sp³-hybridized carbons (Fsp3) is 0.222. The molecule has 0 aromatic heterocycles. The van der Waals surface area contributed by atoms with E-state index in [0.717, 1.165) is 12.1 Å². The first-order chi connectivity index (χ1) is 7.30. The molecule has 17 heavy (non-hydrogen) atoms. The van der Waals surface area contributed by atoms with Gasteiger partial charge in [0.2, 0.25) is 0 Å². The van der Waals surface area contributed by atoms with Crippen LogP contribution in [-0.4, -0.2) is 30.1 Å². The first-order valence-corrected chi connectivity index (χ1v) is 5.75. The van der Waals surface area contributed by atoms with Crippen LogP contribution < -0.4 is 35.3 Å². The molecule has 1 aromatic rings. The molecule has 0 aliphatic rings. The second-order valence-corrected chi connectivity index (χ2v) is 4.63. The van der Waals surface area contributed by atoms with Crippen molar-refractivity contribution < 1.29 is 52.4 Å². The normalized spacial score (nSPS) is 12.6. The van der Waals surface area contributed by atoms with E-state index >= 15 is 0 Å². The molecule has 0 fully saturated rings. The molecule has 0 spiro atoms. The Bertz CT molecular complexity index is 485. The summed E-state index contributed by atoms with van der Waals surface area (Å²) in [6.45, 7) is 0. The summed E-state index contributed by atoms with van der Waals surface area (Å²) in [4.78, 5) is 10.1. The predicted molar refractivity (Wildman–Crippen MR) is 53.7 cm³/mol. The average Bonchev–Trinajstić information content (AvgIpc) is 2.17. The van der Waals surface area contributed by atoms with Gasteiger partial charge in [-0.15, -0.1) is 0 Å². The Morgan fingerprint density at radius 2 is 1.82 bits per heavy atom. The van der Waals surface area contributed by atoms with Gasteiger partial charge in [-0.05, 0) is 24.1 Å². The van der Waals surface area contributed by atoms with Gasteiger partial charge < -0.3 is 15.4 Å². The summed E-state index contributed by atoms with van der Waals surface area (Å²) < 4.78 is 31.8. The van der Waals surface area contributed by atoms with Gasteiger partial charge in [0.05, 0.1) is 4.90 Å². The SMILES string of the molecule is NC(Cc1ccc(S(=O)(=O)[O-])cc1)C(=O)O.[Na+]. The number of aliphatic carboxylic acids is 1. The maximum atomic E-state index is 10.6. The monoisotopic (exact) mass is 267 g/mol. The van der Waals surface area contributed by atoms with Crippen LogP contribution in [0.15, 0.2) is 29.2 Å². The Hall–Kier alpha value is -0.440. The minimum absolute atomic E-state index is 0. The summed E-state index contributed by atoms with van der Waals surface area (Å²) in [5, 5.41) is 8.56. The molecule has 8 heteroatoms. The number of nitrogens with two attached hydrogens (primary N) is 1. The van der Waals surface area contributed by atoms with E-state index in [1.54, 1.807) is 0 Å². The minimum atomic E-state index is -4.46. The molecular weight excluding hydrogens is 257 g/mol. The van der Waals surface area contributed by atoms with Crippen LogP contribution in [0.2, 0.25) is 0 Å². The fourth-order valence-corrected chi connectivity index (χ4v) is 1.60. The molecule has 1 rings (SSSR count). The first-order valence-electron chi connectivity index (χ1n) is 4.34. The van der Waals surface area contributed by atoms with Crippen molar-refractivity contribution in [2.24, 2.45) is 5.73 Å². The summed E-state index contributed by atoms with van der Waals surface area (Å²) in [6, 6.07) is 3.95. The first kappa shape index (κ1) is 16.6. The Kier molecular flexibility index (Phi) is 6.31. The van der Waals surface area contributed by atoms with Gasteiger partial charge in [0.25, 0.3) is 0 Å². The van der Waals surface area contributed by atoms with Crippen LogP contribution in [0.3, 0.4) is 0 Å². The summed E-state index contributed by atoms with van der Waals surface area (Å²) in [5.41, 5.74) is 5.85. The maximum Gasteiger partial charge on any atom is 1.00 e. The molecule has 0 bridgehead atoms. The summed E-state index contributed by atoms with van der Waals surface area (Å²) in [7, 11) is -4.46. The molecule has 0 aliphatic carbocycles. The van der Waals surface area contributed by atoms with Crippen molar-refractivity contribution >= 4 is 16.1 Å². The smallest absolute Gasteiger partial charge is 0.744 e. The largest absolute Gasteiger partial charge is 1.00 e. The van der Waals surface area contributed by atoms with Crippen molar-refractivity contribution in [1.29, 1.82) is 0 Å². The van der Waals surface area contributed by atoms with Crippen LogP contribution in [0.4, 0.5) is 0 Å². The fourth-order valence-electron chi connectivity index (χ4n) is 1.13. The van der Waals surface area contributed by atoms with Gasteiger partial charge in [-0.2, -0.15) is 0 Å². The van der Waals surface area contributed by atoms with Crippen molar-refractivity contribution in [1.82, 2.24) is 0 Å². The molecular formula is C9H10NNaO5S. The molecule has 0 radical (unpaired) electrons. The second-order valence-electron chi connectivity index (χ2n) is 3.25. The second kappa shape index (κ2) is 6.48. The molecule has 1 atom stereocenters. The predicted octanol–water partition coefficient (Wildman–Crippen LogP) is -3.45. The van der Waals surface area contributed by atoms with Gasteiger partial charge in [-0.1, -0.05) is 12.1 Å². The Morgan fingerprint density at radius 3 is 2.18 bits per heavy atom. The van der Waals surface area contributed by atoms with Crippen LogP contribution >= 0.6 is 0 Å².